The molecule has 0 unspecified atom stereocenters. The van der Waals surface area contributed by atoms with Gasteiger partial charge in [-0.3, -0.25) is 19.3 Å². The lowest BCUT2D eigenvalue weighted by atomic mass is 10.1. The van der Waals surface area contributed by atoms with Gasteiger partial charge in [0.25, 0.3) is 0 Å². The fourth-order valence-corrected chi connectivity index (χ4v) is 2.51. The van der Waals surface area contributed by atoms with Crippen molar-refractivity contribution >= 4 is 23.8 Å². The van der Waals surface area contributed by atoms with E-state index in [1.807, 2.05) is 0 Å². The number of nitrogens with one attached hydrogen (secondary N) is 1. The van der Waals surface area contributed by atoms with Crippen LogP contribution in [0.2, 0.25) is 0 Å². The van der Waals surface area contributed by atoms with Crippen LogP contribution in [0.4, 0.5) is 0 Å². The van der Waals surface area contributed by atoms with E-state index in [4.69, 9.17) is 0 Å². The summed E-state index contributed by atoms with van der Waals surface area (Å²) in [5.41, 5.74) is 0.822. The zero-order valence-electron chi connectivity index (χ0n) is 13.7. The number of rotatable bonds is 7. The molecule has 128 valence electrons. The van der Waals surface area contributed by atoms with Gasteiger partial charge in [-0.15, -0.1) is 0 Å². The van der Waals surface area contributed by atoms with Gasteiger partial charge in [0.1, 0.15) is 5.75 Å². The number of carbonyl (C=O) groups excluding carboxylic acids is 3. The Labute approximate surface area is 141 Å². The molecule has 0 bridgehead atoms. The van der Waals surface area contributed by atoms with E-state index in [1.54, 1.807) is 37.3 Å². The molecule has 2 rings (SSSR count). The highest BCUT2D eigenvalue weighted by Crippen LogP contribution is 2.18. The third-order valence-electron chi connectivity index (χ3n) is 3.90. The summed E-state index contributed by atoms with van der Waals surface area (Å²) < 4.78 is 0. The molecule has 1 fully saturated rings. The van der Waals surface area contributed by atoms with E-state index < -0.39 is 0 Å². The summed E-state index contributed by atoms with van der Waals surface area (Å²) in [6, 6.07) is 6.53. The first-order valence-electron chi connectivity index (χ1n) is 8.06. The van der Waals surface area contributed by atoms with Crippen molar-refractivity contribution in [1.29, 1.82) is 0 Å². The summed E-state index contributed by atoms with van der Waals surface area (Å²) in [5.74, 6) is -0.428. The summed E-state index contributed by atoms with van der Waals surface area (Å²) in [4.78, 5) is 36.4. The first-order chi connectivity index (χ1) is 11.5. The third kappa shape index (κ3) is 4.94. The summed E-state index contributed by atoms with van der Waals surface area (Å²) in [6.45, 7) is 2.67. The molecule has 1 aliphatic heterocycles. The van der Waals surface area contributed by atoms with E-state index >= 15 is 0 Å². The van der Waals surface area contributed by atoms with Crippen molar-refractivity contribution in [2.45, 2.75) is 26.2 Å². The lowest BCUT2D eigenvalue weighted by molar-refractivity contribution is -0.139. The molecule has 1 aromatic carbocycles. The van der Waals surface area contributed by atoms with Gasteiger partial charge in [-0.2, -0.15) is 0 Å². The molecule has 0 radical (unpaired) electrons. The molecular weight excluding hydrogens is 308 g/mol. The molecular formula is C18H22N2O4. The zero-order chi connectivity index (χ0) is 17.5. The Kier molecular flexibility index (Phi) is 6.12. The van der Waals surface area contributed by atoms with Gasteiger partial charge in [0, 0.05) is 31.5 Å². The molecule has 6 heteroatoms. The van der Waals surface area contributed by atoms with Crippen molar-refractivity contribution < 1.29 is 19.5 Å². The summed E-state index contributed by atoms with van der Waals surface area (Å²) in [7, 11) is 0. The minimum absolute atomic E-state index is 0.0964. The number of imide groups is 1. The van der Waals surface area contributed by atoms with Gasteiger partial charge < -0.3 is 10.4 Å². The van der Waals surface area contributed by atoms with E-state index in [1.165, 1.54) is 11.0 Å². The second-order valence-electron chi connectivity index (χ2n) is 5.91. The van der Waals surface area contributed by atoms with Gasteiger partial charge in [0.05, 0.1) is 0 Å². The van der Waals surface area contributed by atoms with Crippen LogP contribution in [0, 0.1) is 5.92 Å². The van der Waals surface area contributed by atoms with E-state index in [0.717, 1.165) is 5.56 Å². The van der Waals surface area contributed by atoms with Crippen molar-refractivity contribution in [3.8, 4) is 5.75 Å². The van der Waals surface area contributed by atoms with Crippen LogP contribution in [-0.2, 0) is 14.4 Å². The molecule has 0 aliphatic carbocycles. The number of benzene rings is 1. The number of nitrogens with zero attached hydrogens (tertiary/aromatic N) is 1. The molecule has 1 aliphatic rings. The molecule has 0 saturated carbocycles. The third-order valence-corrected chi connectivity index (χ3v) is 3.90. The molecule has 1 saturated heterocycles. The topological polar surface area (TPSA) is 86.7 Å². The Balaban J connectivity index is 1.63. The van der Waals surface area contributed by atoms with Crippen LogP contribution >= 0.6 is 0 Å². The molecule has 0 aromatic heterocycles. The Morgan fingerprint density at radius 2 is 2.00 bits per heavy atom. The number of phenolic OH excluding ortho intramolecular Hbond substituents is 1. The van der Waals surface area contributed by atoms with Gasteiger partial charge >= 0.3 is 0 Å². The number of phenols is 1. The van der Waals surface area contributed by atoms with Crippen LogP contribution < -0.4 is 5.32 Å². The first-order valence-corrected chi connectivity index (χ1v) is 8.06. The molecule has 0 spiro atoms. The fraction of sp³-hybridized carbons (Fsp3) is 0.389. The van der Waals surface area contributed by atoms with Crippen molar-refractivity contribution in [1.82, 2.24) is 10.2 Å². The monoisotopic (exact) mass is 330 g/mol. The van der Waals surface area contributed by atoms with E-state index in [9.17, 15) is 19.5 Å². The number of carbonyl (C=O) groups is 3. The molecule has 1 atom stereocenters. The van der Waals surface area contributed by atoms with E-state index in [2.05, 4.69) is 5.32 Å². The van der Waals surface area contributed by atoms with Gasteiger partial charge in [0.15, 0.2) is 0 Å². The average Bonchev–Trinajstić information content (AvgIpc) is 2.80. The van der Waals surface area contributed by atoms with Crippen molar-refractivity contribution in [3.05, 3.63) is 35.9 Å². The highest BCUT2D eigenvalue weighted by atomic mass is 16.3. The average molecular weight is 330 g/mol. The van der Waals surface area contributed by atoms with Crippen LogP contribution in [0.15, 0.2) is 30.3 Å². The number of likely N-dealkylation sites (tertiary alicyclic amines) is 1. The Morgan fingerprint density at radius 1 is 1.29 bits per heavy atom. The maximum atomic E-state index is 11.7. The Bertz CT molecular complexity index is 637. The van der Waals surface area contributed by atoms with Crippen molar-refractivity contribution in [2.24, 2.45) is 5.92 Å². The number of aromatic hydroxyl groups is 1. The molecule has 2 N–H and O–H groups in total. The van der Waals surface area contributed by atoms with Crippen LogP contribution in [0.5, 0.6) is 5.75 Å². The predicted molar refractivity (Wildman–Crippen MR) is 89.9 cm³/mol. The molecule has 1 aromatic rings. The maximum Gasteiger partial charge on any atom is 0.243 e. The first kappa shape index (κ1) is 17.7. The zero-order valence-corrected chi connectivity index (χ0v) is 13.7. The maximum absolute atomic E-state index is 11.7. The summed E-state index contributed by atoms with van der Waals surface area (Å²) in [5, 5.41) is 11.9. The van der Waals surface area contributed by atoms with Crippen LogP contribution in [0.1, 0.15) is 31.7 Å². The summed E-state index contributed by atoms with van der Waals surface area (Å²) in [6.07, 6.45) is 4.77. The highest BCUT2D eigenvalue weighted by Gasteiger charge is 2.34. The molecule has 3 amide bonds. The quantitative estimate of drug-likeness (QED) is 0.452. The standard InChI is InChI=1S/C18H22N2O4/c1-13-12-17(23)20(18(13)24)11-3-2-10-19-16(22)9-6-14-4-7-15(21)8-5-14/h4-9,13,21H,2-3,10-12H2,1H3,(H,19,22)/t13-/m1/s1. The highest BCUT2D eigenvalue weighted by molar-refractivity contribution is 6.03. The van der Waals surface area contributed by atoms with Crippen LogP contribution in [0.25, 0.3) is 6.08 Å². The Hall–Kier alpha value is -2.63. The van der Waals surface area contributed by atoms with Crippen LogP contribution in [0.3, 0.4) is 0 Å². The number of hydrogen-bond acceptors (Lipinski definition) is 4. The second-order valence-corrected chi connectivity index (χ2v) is 5.91. The largest absolute Gasteiger partial charge is 0.508 e. The van der Waals surface area contributed by atoms with Crippen molar-refractivity contribution in [2.75, 3.05) is 13.1 Å². The lowest BCUT2D eigenvalue weighted by Gasteiger charge is -2.13. The number of unbranched alkanes of at least 4 members (excludes halogenated alkanes) is 1. The van der Waals surface area contributed by atoms with Gasteiger partial charge in [-0.25, -0.2) is 0 Å². The number of amides is 3. The minimum atomic E-state index is -0.206. The smallest absolute Gasteiger partial charge is 0.243 e. The minimum Gasteiger partial charge on any atom is -0.508 e. The van der Waals surface area contributed by atoms with Gasteiger partial charge in [0.2, 0.25) is 17.7 Å². The summed E-state index contributed by atoms with van der Waals surface area (Å²) >= 11 is 0. The molecule has 1 heterocycles. The van der Waals surface area contributed by atoms with E-state index in [0.29, 0.717) is 32.4 Å². The van der Waals surface area contributed by atoms with Crippen LogP contribution in [-0.4, -0.2) is 40.8 Å². The fourth-order valence-electron chi connectivity index (χ4n) is 2.51. The predicted octanol–water partition coefficient (Wildman–Crippen LogP) is 1.70. The van der Waals surface area contributed by atoms with Crippen molar-refractivity contribution in [3.63, 3.8) is 0 Å². The van der Waals surface area contributed by atoms with E-state index in [-0.39, 0.29) is 29.4 Å². The number of hydrogen-bond donors (Lipinski definition) is 2. The van der Waals surface area contributed by atoms with Gasteiger partial charge in [-0.1, -0.05) is 19.1 Å². The lowest BCUT2D eigenvalue weighted by Crippen LogP contribution is -2.32. The molecule has 24 heavy (non-hydrogen) atoms. The Morgan fingerprint density at radius 3 is 2.62 bits per heavy atom. The SMILES string of the molecule is C[C@@H]1CC(=O)N(CCCCNC(=O)C=Cc2ccc(O)cc2)C1=O. The normalized spacial score (nSPS) is 17.7. The second kappa shape index (κ2) is 8.29. The molecule has 6 nitrogen and oxygen atoms in total. The van der Waals surface area contributed by atoms with Gasteiger partial charge in [-0.05, 0) is 36.6 Å².